The van der Waals surface area contributed by atoms with E-state index in [0.717, 1.165) is 0 Å². The highest BCUT2D eigenvalue weighted by atomic mass is 16.7. The number of fused-ring (bicyclic) bond motifs is 1. The zero-order valence-corrected chi connectivity index (χ0v) is 7.63. The zero-order valence-electron chi connectivity index (χ0n) is 7.63. The molecule has 2 rings (SSSR count). The van der Waals surface area contributed by atoms with Gasteiger partial charge in [0.05, 0.1) is 10.5 Å². The van der Waals surface area contributed by atoms with E-state index in [1.54, 1.807) is 12.1 Å². The number of rotatable bonds is 1. The van der Waals surface area contributed by atoms with Crippen LogP contribution in [0.25, 0.3) is 0 Å². The van der Waals surface area contributed by atoms with Gasteiger partial charge in [0, 0.05) is 11.6 Å². The number of carbonyl (C=O) groups is 1. The molecule has 0 saturated heterocycles. The third-order valence-corrected chi connectivity index (χ3v) is 2.12. The standard InChI is InChI=1S/C9H7NO5/c11-9-14-4-6-2-1-3-8(10(12)13)7(6)5-15-9/h1-3H,4-5H2. The van der Waals surface area contributed by atoms with Gasteiger partial charge in [0.25, 0.3) is 5.69 Å². The summed E-state index contributed by atoms with van der Waals surface area (Å²) in [6.45, 7) is -0.110. The molecule has 0 spiro atoms. The maximum Gasteiger partial charge on any atom is 0.508 e. The fraction of sp³-hybridized carbons (Fsp3) is 0.222. The number of cyclic esters (lactones) is 2. The lowest BCUT2D eigenvalue weighted by Crippen LogP contribution is -2.02. The molecule has 0 atom stereocenters. The molecule has 78 valence electrons. The number of hydrogen-bond donors (Lipinski definition) is 0. The van der Waals surface area contributed by atoms with E-state index in [2.05, 4.69) is 9.47 Å². The predicted molar refractivity (Wildman–Crippen MR) is 48.1 cm³/mol. The number of ether oxygens (including phenoxy) is 2. The van der Waals surface area contributed by atoms with Crippen molar-refractivity contribution in [3.8, 4) is 0 Å². The summed E-state index contributed by atoms with van der Waals surface area (Å²) in [5, 5.41) is 10.7. The molecule has 0 amide bonds. The van der Waals surface area contributed by atoms with Crippen LogP contribution < -0.4 is 0 Å². The van der Waals surface area contributed by atoms with E-state index in [9.17, 15) is 14.9 Å². The Morgan fingerprint density at radius 1 is 1.27 bits per heavy atom. The molecule has 0 fully saturated rings. The molecule has 0 aliphatic carbocycles. The van der Waals surface area contributed by atoms with Gasteiger partial charge in [0.2, 0.25) is 0 Å². The van der Waals surface area contributed by atoms with E-state index < -0.39 is 11.1 Å². The van der Waals surface area contributed by atoms with E-state index in [1.807, 2.05) is 0 Å². The van der Waals surface area contributed by atoms with Crippen molar-refractivity contribution in [3.63, 3.8) is 0 Å². The van der Waals surface area contributed by atoms with Crippen LogP contribution >= 0.6 is 0 Å². The summed E-state index contributed by atoms with van der Waals surface area (Å²) in [5.41, 5.74) is 0.953. The van der Waals surface area contributed by atoms with Crippen LogP contribution in [0.15, 0.2) is 18.2 Å². The van der Waals surface area contributed by atoms with Crippen molar-refractivity contribution < 1.29 is 19.2 Å². The van der Waals surface area contributed by atoms with Crippen molar-refractivity contribution in [3.05, 3.63) is 39.4 Å². The first-order chi connectivity index (χ1) is 7.18. The van der Waals surface area contributed by atoms with Gasteiger partial charge in [-0.15, -0.1) is 0 Å². The number of benzene rings is 1. The minimum Gasteiger partial charge on any atom is -0.429 e. The second-order valence-corrected chi connectivity index (χ2v) is 3.00. The second kappa shape index (κ2) is 3.56. The second-order valence-electron chi connectivity index (χ2n) is 3.00. The molecule has 1 aromatic carbocycles. The normalized spacial score (nSPS) is 14.5. The van der Waals surface area contributed by atoms with E-state index in [0.29, 0.717) is 11.1 Å². The molecule has 1 heterocycles. The summed E-state index contributed by atoms with van der Waals surface area (Å²) >= 11 is 0. The molecule has 6 nitrogen and oxygen atoms in total. The summed E-state index contributed by atoms with van der Waals surface area (Å²) in [6, 6.07) is 4.60. The van der Waals surface area contributed by atoms with Crippen molar-refractivity contribution in [2.24, 2.45) is 0 Å². The van der Waals surface area contributed by atoms with E-state index in [4.69, 9.17) is 0 Å². The van der Waals surface area contributed by atoms with Crippen LogP contribution in [0.2, 0.25) is 0 Å². The maximum atomic E-state index is 10.8. The van der Waals surface area contributed by atoms with Gasteiger partial charge in [0.15, 0.2) is 0 Å². The number of nitro groups is 1. The van der Waals surface area contributed by atoms with Crippen molar-refractivity contribution in [1.82, 2.24) is 0 Å². The molecule has 1 aliphatic rings. The van der Waals surface area contributed by atoms with Gasteiger partial charge in [-0.05, 0) is 0 Å². The Bertz CT molecular complexity index is 429. The third kappa shape index (κ3) is 1.74. The molecule has 0 saturated carbocycles. The lowest BCUT2D eigenvalue weighted by molar-refractivity contribution is -0.385. The molecular formula is C9H7NO5. The lowest BCUT2D eigenvalue weighted by Gasteiger charge is -2.02. The van der Waals surface area contributed by atoms with Gasteiger partial charge in [-0.2, -0.15) is 0 Å². The summed E-state index contributed by atoms with van der Waals surface area (Å²) in [7, 11) is 0. The monoisotopic (exact) mass is 209 g/mol. The smallest absolute Gasteiger partial charge is 0.429 e. The van der Waals surface area contributed by atoms with Crippen LogP contribution in [-0.4, -0.2) is 11.1 Å². The lowest BCUT2D eigenvalue weighted by atomic mass is 10.1. The average Bonchev–Trinajstić information content (AvgIpc) is 2.40. The SMILES string of the molecule is O=C1OCc2cccc([N+](=O)[O-])c2CO1. The van der Waals surface area contributed by atoms with E-state index in [-0.39, 0.29) is 18.9 Å². The quantitative estimate of drug-likeness (QED) is 0.400. The van der Waals surface area contributed by atoms with Crippen molar-refractivity contribution in [2.45, 2.75) is 13.2 Å². The third-order valence-electron chi connectivity index (χ3n) is 2.12. The van der Waals surface area contributed by atoms with Crippen LogP contribution in [-0.2, 0) is 22.7 Å². The van der Waals surface area contributed by atoms with Crippen molar-refractivity contribution in [2.75, 3.05) is 0 Å². The highest BCUT2D eigenvalue weighted by Crippen LogP contribution is 2.25. The van der Waals surface area contributed by atoms with Crippen LogP contribution in [0.4, 0.5) is 10.5 Å². The van der Waals surface area contributed by atoms with Crippen LogP contribution in [0.5, 0.6) is 0 Å². The Kier molecular flexibility index (Phi) is 2.24. The molecule has 0 radical (unpaired) electrons. The van der Waals surface area contributed by atoms with Crippen LogP contribution in [0.3, 0.4) is 0 Å². The Balaban J connectivity index is 2.46. The number of carbonyl (C=O) groups excluding carboxylic acids is 1. The van der Waals surface area contributed by atoms with Crippen LogP contribution in [0, 0.1) is 10.1 Å². The summed E-state index contributed by atoms with van der Waals surface area (Å²) < 4.78 is 9.33. The molecule has 1 aromatic rings. The summed E-state index contributed by atoms with van der Waals surface area (Å²) in [4.78, 5) is 21.0. The number of hydrogen-bond acceptors (Lipinski definition) is 5. The molecule has 0 bridgehead atoms. The maximum absolute atomic E-state index is 10.8. The molecule has 0 N–H and O–H groups in total. The van der Waals surface area contributed by atoms with Crippen LogP contribution in [0.1, 0.15) is 11.1 Å². The van der Waals surface area contributed by atoms with Gasteiger partial charge < -0.3 is 9.47 Å². The van der Waals surface area contributed by atoms with E-state index >= 15 is 0 Å². The Morgan fingerprint density at radius 2 is 2.00 bits per heavy atom. The zero-order chi connectivity index (χ0) is 10.8. The molecule has 0 aromatic heterocycles. The number of nitrogens with zero attached hydrogens (tertiary/aromatic N) is 1. The highest BCUT2D eigenvalue weighted by molar-refractivity contribution is 5.61. The van der Waals surface area contributed by atoms with Gasteiger partial charge >= 0.3 is 6.16 Å². The summed E-state index contributed by atoms with van der Waals surface area (Å²) in [6.07, 6.45) is -0.805. The Hall–Kier alpha value is -2.11. The summed E-state index contributed by atoms with van der Waals surface area (Å²) in [5.74, 6) is 0. The Morgan fingerprint density at radius 3 is 2.73 bits per heavy atom. The fourth-order valence-corrected chi connectivity index (χ4v) is 1.40. The fourth-order valence-electron chi connectivity index (χ4n) is 1.40. The largest absolute Gasteiger partial charge is 0.508 e. The van der Waals surface area contributed by atoms with E-state index in [1.165, 1.54) is 6.07 Å². The highest BCUT2D eigenvalue weighted by Gasteiger charge is 2.22. The molecular weight excluding hydrogens is 202 g/mol. The van der Waals surface area contributed by atoms with Gasteiger partial charge in [-0.1, -0.05) is 12.1 Å². The van der Waals surface area contributed by atoms with Crippen molar-refractivity contribution >= 4 is 11.8 Å². The average molecular weight is 209 g/mol. The first-order valence-corrected chi connectivity index (χ1v) is 4.23. The molecule has 15 heavy (non-hydrogen) atoms. The van der Waals surface area contributed by atoms with Gasteiger partial charge in [0.1, 0.15) is 13.2 Å². The minimum atomic E-state index is -0.805. The van der Waals surface area contributed by atoms with Crippen molar-refractivity contribution in [1.29, 1.82) is 0 Å². The first-order valence-electron chi connectivity index (χ1n) is 4.23. The van der Waals surface area contributed by atoms with Gasteiger partial charge in [-0.3, -0.25) is 10.1 Å². The van der Waals surface area contributed by atoms with Gasteiger partial charge in [-0.25, -0.2) is 4.79 Å². The minimum absolute atomic E-state index is 0.00977. The predicted octanol–water partition coefficient (Wildman–Crippen LogP) is 1.76. The number of nitro benzene ring substituents is 1. The molecule has 6 heteroatoms. The Labute approximate surface area is 84.6 Å². The topological polar surface area (TPSA) is 78.7 Å². The molecule has 1 aliphatic heterocycles. The first kappa shape index (κ1) is 9.45. The molecule has 0 unspecified atom stereocenters.